The topological polar surface area (TPSA) is 0 Å². The molecule has 0 fully saturated rings. The molecule has 0 spiro atoms. The molecule has 0 nitrogen and oxygen atoms in total. The monoisotopic (exact) mass is 174 g/mol. The summed E-state index contributed by atoms with van der Waals surface area (Å²) in [5.74, 6) is 0. The minimum atomic E-state index is 0. The summed E-state index contributed by atoms with van der Waals surface area (Å²) in [6.45, 7) is 2.75. The first-order valence-corrected chi connectivity index (χ1v) is 0.408. The van der Waals surface area contributed by atoms with Crippen LogP contribution >= 0.6 is 0 Å². The van der Waals surface area contributed by atoms with Crippen molar-refractivity contribution in [1.29, 1.82) is 0 Å². The van der Waals surface area contributed by atoms with Gasteiger partial charge in [-0.25, -0.2) is 0 Å². The molecule has 0 saturated heterocycles. The molecule has 0 aliphatic carbocycles. The molecule has 0 aromatic carbocycles. The summed E-state index contributed by atoms with van der Waals surface area (Å²) in [7, 11) is 4.25. The van der Waals surface area contributed by atoms with Crippen LogP contribution in [0.4, 0.5) is 0 Å². The minimum Gasteiger partial charge on any atom is -1.00 e. The van der Waals surface area contributed by atoms with Crippen molar-refractivity contribution < 1.29 is 0 Å². The molecule has 0 aromatic heterocycles. The van der Waals surface area contributed by atoms with Crippen molar-refractivity contribution in [1.82, 2.24) is 0 Å². The maximum absolute atomic E-state index is 4.25. The Hall–Kier alpha value is 1.70. The first kappa shape index (κ1) is 17.3. The maximum Gasteiger partial charge on any atom is 2.00 e. The fourth-order valence-electron chi connectivity index (χ4n) is 0. The Morgan fingerprint density at radius 3 is 1.25 bits per heavy atom. The summed E-state index contributed by atoms with van der Waals surface area (Å²) in [5.41, 5.74) is 0. The predicted octanol–water partition coefficient (Wildman–Crippen LogP) is -0.815. The van der Waals surface area contributed by atoms with Gasteiger partial charge in [0.2, 0.25) is 0 Å². The molecule has 6 radical (unpaired) electrons. The van der Waals surface area contributed by atoms with Gasteiger partial charge >= 0.3 is 48.9 Å². The number of hydrogen-bond acceptors (Lipinski definition) is 0. The largest absolute Gasteiger partial charge is 2.00 e. The van der Waals surface area contributed by atoms with Crippen LogP contribution in [0.3, 0.4) is 0 Å². The third-order valence-electron chi connectivity index (χ3n) is 0. The Kier molecular flexibility index (Phi) is 96.1. The van der Waals surface area contributed by atoms with Crippen molar-refractivity contribution in [2.75, 3.05) is 0 Å². The first-order valence-electron chi connectivity index (χ1n) is 0.408. The van der Waals surface area contributed by atoms with Crippen LogP contribution in [0.1, 0.15) is 0 Å². The van der Waals surface area contributed by atoms with E-state index in [1.807, 2.05) is 0 Å². The van der Waals surface area contributed by atoms with E-state index < -0.39 is 0 Å². The van der Waals surface area contributed by atoms with Crippen LogP contribution < -0.4 is 0 Å². The van der Waals surface area contributed by atoms with E-state index in [0.29, 0.717) is 0 Å². The third kappa shape index (κ3) is 9.33. The molecule has 0 N–H and O–H groups in total. The Balaban J connectivity index is -0.00000000500. The van der Waals surface area contributed by atoms with Gasteiger partial charge in [0.25, 0.3) is 0 Å². The number of hydrogen-bond donors (Lipinski definition) is 0. The zero-order valence-corrected chi connectivity index (χ0v) is 7.01. The Morgan fingerprint density at radius 2 is 1.25 bits per heavy atom. The van der Waals surface area contributed by atoms with Crippen LogP contribution in [-0.2, 0) is 0 Å². The molecule has 0 amide bonds. The molecule has 0 rings (SSSR count). The van der Waals surface area contributed by atoms with Gasteiger partial charge in [-0.3, -0.25) is 0 Å². The zero-order chi connectivity index (χ0) is 2.00. The second kappa shape index (κ2) is 22.3. The van der Waals surface area contributed by atoms with Crippen molar-refractivity contribution in [3.05, 3.63) is 6.82 Å². The molecule has 3 heteroatoms. The smallest absolute Gasteiger partial charge is 1.00 e. The molecule has 0 aromatic rings. The summed E-state index contributed by atoms with van der Waals surface area (Å²) < 4.78 is 0. The van der Waals surface area contributed by atoms with Crippen LogP contribution in [0.2, 0.25) is 0 Å². The molecular formula is CH2B2Ba. The van der Waals surface area contributed by atoms with E-state index in [4.69, 9.17) is 0 Å². The van der Waals surface area contributed by atoms with Crippen molar-refractivity contribution in [3.8, 4) is 0 Å². The summed E-state index contributed by atoms with van der Waals surface area (Å²) in [5, 5.41) is 0. The molecule has 0 heterocycles. The van der Waals surface area contributed by atoms with Crippen molar-refractivity contribution >= 4 is 65.1 Å². The van der Waals surface area contributed by atoms with Crippen molar-refractivity contribution in [2.45, 2.75) is 0 Å². The normalized spacial score (nSPS) is 1.25. The predicted molar refractivity (Wildman–Crippen MR) is 22.6 cm³/mol. The molecule has 0 atom stereocenters. The van der Waals surface area contributed by atoms with Gasteiger partial charge in [-0.2, -0.15) is 7.85 Å². The molecular weight excluding hydrogens is 171 g/mol. The van der Waals surface area contributed by atoms with Gasteiger partial charge in [-0.15, -0.1) is 0 Å². The second-order valence-electron chi connectivity index (χ2n) is 0. The Bertz CT molecular complexity index is 6.00. The average Bonchev–Trinajstić information content (AvgIpc) is 1.00. The summed E-state index contributed by atoms with van der Waals surface area (Å²) in [6.07, 6.45) is 0. The average molecular weight is 173 g/mol. The van der Waals surface area contributed by atoms with Gasteiger partial charge < -0.3 is 15.2 Å². The number of rotatable bonds is 0. The van der Waals surface area contributed by atoms with Crippen LogP contribution in [0.5, 0.6) is 0 Å². The fourth-order valence-corrected chi connectivity index (χ4v) is 0. The molecule has 0 aliphatic heterocycles. The summed E-state index contributed by atoms with van der Waals surface area (Å²) in [6, 6.07) is 0. The van der Waals surface area contributed by atoms with E-state index in [0.717, 1.165) is 0 Å². The van der Waals surface area contributed by atoms with Gasteiger partial charge in [0.1, 0.15) is 0 Å². The van der Waals surface area contributed by atoms with Gasteiger partial charge in [-0.05, 0) is 0 Å². The molecule has 0 unspecified atom stereocenters. The van der Waals surface area contributed by atoms with Gasteiger partial charge in [0, 0.05) is 0 Å². The molecule has 0 bridgehead atoms. The van der Waals surface area contributed by atoms with Gasteiger partial charge in [-0.1, -0.05) is 0 Å². The third-order valence-corrected chi connectivity index (χ3v) is 0. The van der Waals surface area contributed by atoms with Crippen LogP contribution in [0, 0.1) is 6.82 Å². The van der Waals surface area contributed by atoms with E-state index in [1.165, 1.54) is 0 Å². The van der Waals surface area contributed by atoms with Gasteiger partial charge in [0.15, 0.2) is 0 Å². The molecule has 14 valence electrons. The van der Waals surface area contributed by atoms with Crippen molar-refractivity contribution in [2.24, 2.45) is 0 Å². The first-order chi connectivity index (χ1) is 1.00. The molecule has 4 heavy (non-hydrogen) atoms. The van der Waals surface area contributed by atoms with E-state index in [-0.39, 0.29) is 57.3 Å². The fraction of sp³-hybridized carbons (Fsp3) is 0. The van der Waals surface area contributed by atoms with E-state index in [2.05, 4.69) is 14.7 Å². The quantitative estimate of drug-likeness (QED) is 0.332. The van der Waals surface area contributed by atoms with Crippen molar-refractivity contribution in [3.63, 3.8) is 0 Å². The second-order valence-corrected chi connectivity index (χ2v) is 0. The molecule has 0 aliphatic rings. The van der Waals surface area contributed by atoms with E-state index >= 15 is 0 Å². The van der Waals surface area contributed by atoms with Crippen LogP contribution in [0.25, 0.3) is 0 Å². The standard InChI is InChI=1S/CH2B.B.Ba/c1-2;;/h1H2;;/q2*-1;+2. The van der Waals surface area contributed by atoms with E-state index in [1.54, 1.807) is 0 Å². The minimum absolute atomic E-state index is 0. The van der Waals surface area contributed by atoms with Crippen LogP contribution in [-0.4, -0.2) is 65.1 Å². The Morgan fingerprint density at radius 1 is 1.25 bits per heavy atom. The summed E-state index contributed by atoms with van der Waals surface area (Å²) >= 11 is 0. The van der Waals surface area contributed by atoms with Gasteiger partial charge in [0.05, 0.1) is 0 Å². The molecule has 0 saturated carbocycles. The SMILES string of the molecule is [B-].[B][CH2-].[Ba+2]. The van der Waals surface area contributed by atoms with E-state index in [9.17, 15) is 0 Å². The summed E-state index contributed by atoms with van der Waals surface area (Å²) in [4.78, 5) is 0. The maximum atomic E-state index is 4.25. The van der Waals surface area contributed by atoms with Crippen LogP contribution in [0.15, 0.2) is 0 Å². The Labute approximate surface area is 70.8 Å². The zero-order valence-electron chi connectivity index (χ0n) is 2.57.